The predicted molar refractivity (Wildman–Crippen MR) is 101 cm³/mol. The van der Waals surface area contributed by atoms with Crippen LogP contribution in [0.25, 0.3) is 0 Å². The molecular formula is C19H23ClN2O3. The number of anilines is 1. The Morgan fingerprint density at radius 1 is 1.04 bits per heavy atom. The van der Waals surface area contributed by atoms with E-state index in [-0.39, 0.29) is 18.3 Å². The van der Waals surface area contributed by atoms with Crippen molar-refractivity contribution in [3.63, 3.8) is 0 Å². The summed E-state index contributed by atoms with van der Waals surface area (Å²) in [6, 6.07) is 14.6. The van der Waals surface area contributed by atoms with Gasteiger partial charge in [-0.15, -0.1) is 12.4 Å². The third-order valence-electron chi connectivity index (χ3n) is 4.34. The van der Waals surface area contributed by atoms with Gasteiger partial charge in [0, 0.05) is 11.8 Å². The summed E-state index contributed by atoms with van der Waals surface area (Å²) in [7, 11) is 1.62. The third kappa shape index (κ3) is 4.65. The van der Waals surface area contributed by atoms with E-state index in [9.17, 15) is 4.79 Å². The Hall–Kier alpha value is -2.24. The SMILES string of the molecule is COc1cccc(Oc2ccc(NC(=O)C3(N)CCCC3)cc2)c1.Cl. The highest BCUT2D eigenvalue weighted by atomic mass is 35.5. The molecule has 0 spiro atoms. The smallest absolute Gasteiger partial charge is 0.244 e. The molecule has 1 fully saturated rings. The van der Waals surface area contributed by atoms with Crippen LogP contribution in [-0.4, -0.2) is 18.6 Å². The number of carbonyl (C=O) groups is 1. The van der Waals surface area contributed by atoms with Crippen molar-refractivity contribution in [3.8, 4) is 17.2 Å². The van der Waals surface area contributed by atoms with Gasteiger partial charge in [-0.05, 0) is 49.2 Å². The lowest BCUT2D eigenvalue weighted by molar-refractivity contribution is -0.121. The summed E-state index contributed by atoms with van der Waals surface area (Å²) in [6.07, 6.45) is 3.51. The Labute approximate surface area is 153 Å². The number of methoxy groups -OCH3 is 1. The number of nitrogens with one attached hydrogen (secondary N) is 1. The molecule has 0 aromatic heterocycles. The second-order valence-corrected chi connectivity index (χ2v) is 6.12. The van der Waals surface area contributed by atoms with Crippen molar-refractivity contribution in [3.05, 3.63) is 48.5 Å². The first-order valence-corrected chi connectivity index (χ1v) is 8.11. The lowest BCUT2D eigenvalue weighted by Crippen LogP contribution is -2.48. The summed E-state index contributed by atoms with van der Waals surface area (Å²) in [5.74, 6) is 2.00. The highest BCUT2D eigenvalue weighted by Crippen LogP contribution is 2.29. The van der Waals surface area contributed by atoms with Gasteiger partial charge in [-0.25, -0.2) is 0 Å². The van der Waals surface area contributed by atoms with Gasteiger partial charge in [0.15, 0.2) is 0 Å². The minimum Gasteiger partial charge on any atom is -0.497 e. The molecule has 0 radical (unpaired) electrons. The number of hydrogen-bond donors (Lipinski definition) is 2. The van der Waals surface area contributed by atoms with Gasteiger partial charge in [0.25, 0.3) is 0 Å². The first-order valence-electron chi connectivity index (χ1n) is 8.11. The molecule has 2 aromatic carbocycles. The van der Waals surface area contributed by atoms with E-state index >= 15 is 0 Å². The molecule has 3 N–H and O–H groups in total. The fraction of sp³-hybridized carbons (Fsp3) is 0.316. The zero-order valence-corrected chi connectivity index (χ0v) is 15.0. The van der Waals surface area contributed by atoms with Crippen molar-refractivity contribution < 1.29 is 14.3 Å². The zero-order valence-electron chi connectivity index (χ0n) is 14.2. The standard InChI is InChI=1S/C19H22N2O3.ClH/c1-23-16-5-4-6-17(13-16)24-15-9-7-14(8-10-15)21-18(22)19(20)11-2-3-12-19;/h4-10,13H,2-3,11-12,20H2,1H3,(H,21,22);1H. The van der Waals surface area contributed by atoms with E-state index in [2.05, 4.69) is 5.32 Å². The van der Waals surface area contributed by atoms with E-state index in [1.807, 2.05) is 48.5 Å². The van der Waals surface area contributed by atoms with Crippen LogP contribution in [0.3, 0.4) is 0 Å². The van der Waals surface area contributed by atoms with Gasteiger partial charge < -0.3 is 20.5 Å². The molecule has 25 heavy (non-hydrogen) atoms. The molecule has 1 saturated carbocycles. The average molecular weight is 363 g/mol. The van der Waals surface area contributed by atoms with E-state index in [1.54, 1.807) is 7.11 Å². The molecule has 2 aromatic rings. The van der Waals surface area contributed by atoms with Gasteiger partial charge in [-0.1, -0.05) is 18.9 Å². The number of carbonyl (C=O) groups excluding carboxylic acids is 1. The van der Waals surface area contributed by atoms with Crippen LogP contribution >= 0.6 is 12.4 Å². The van der Waals surface area contributed by atoms with E-state index in [0.29, 0.717) is 11.5 Å². The molecule has 0 unspecified atom stereocenters. The normalized spacial score (nSPS) is 15.1. The molecule has 134 valence electrons. The number of benzene rings is 2. The molecule has 0 saturated heterocycles. The van der Waals surface area contributed by atoms with Gasteiger partial charge in [0.1, 0.15) is 17.2 Å². The molecule has 3 rings (SSSR count). The minimum absolute atomic E-state index is 0. The Kier molecular flexibility index (Phi) is 6.28. The molecule has 5 nitrogen and oxygen atoms in total. The number of rotatable bonds is 5. The van der Waals surface area contributed by atoms with Gasteiger partial charge in [0.05, 0.1) is 12.6 Å². The highest BCUT2D eigenvalue weighted by molar-refractivity contribution is 5.98. The monoisotopic (exact) mass is 362 g/mol. The lowest BCUT2D eigenvalue weighted by Gasteiger charge is -2.22. The summed E-state index contributed by atoms with van der Waals surface area (Å²) in [5, 5.41) is 2.89. The summed E-state index contributed by atoms with van der Waals surface area (Å²) in [4.78, 5) is 12.3. The highest BCUT2D eigenvalue weighted by Gasteiger charge is 2.36. The molecular weight excluding hydrogens is 340 g/mol. The van der Waals surface area contributed by atoms with Crippen LogP contribution < -0.4 is 20.5 Å². The van der Waals surface area contributed by atoms with Crippen molar-refractivity contribution in [1.82, 2.24) is 0 Å². The number of halogens is 1. The fourth-order valence-electron chi connectivity index (χ4n) is 2.90. The van der Waals surface area contributed by atoms with E-state index in [1.165, 1.54) is 0 Å². The number of nitrogens with two attached hydrogens (primary N) is 1. The van der Waals surface area contributed by atoms with Crippen molar-refractivity contribution in [2.24, 2.45) is 5.73 Å². The fourth-order valence-corrected chi connectivity index (χ4v) is 2.90. The van der Waals surface area contributed by atoms with Crippen LogP contribution in [0.4, 0.5) is 5.69 Å². The summed E-state index contributed by atoms with van der Waals surface area (Å²) >= 11 is 0. The van der Waals surface area contributed by atoms with Crippen LogP contribution in [0.5, 0.6) is 17.2 Å². The van der Waals surface area contributed by atoms with Crippen molar-refractivity contribution in [1.29, 1.82) is 0 Å². The molecule has 0 heterocycles. The van der Waals surface area contributed by atoms with Crippen LogP contribution in [0.15, 0.2) is 48.5 Å². The molecule has 1 aliphatic carbocycles. The average Bonchev–Trinajstić information content (AvgIpc) is 3.05. The van der Waals surface area contributed by atoms with E-state index in [4.69, 9.17) is 15.2 Å². The van der Waals surface area contributed by atoms with Crippen LogP contribution in [0.2, 0.25) is 0 Å². The molecule has 1 aliphatic rings. The Bertz CT molecular complexity index is 713. The zero-order chi connectivity index (χ0) is 17.0. The van der Waals surface area contributed by atoms with Gasteiger partial charge in [-0.3, -0.25) is 4.79 Å². The van der Waals surface area contributed by atoms with Gasteiger partial charge in [0.2, 0.25) is 5.91 Å². The van der Waals surface area contributed by atoms with Gasteiger partial charge in [-0.2, -0.15) is 0 Å². The second kappa shape index (κ2) is 8.23. The first-order chi connectivity index (χ1) is 11.6. The van der Waals surface area contributed by atoms with Crippen molar-refractivity contribution in [2.45, 2.75) is 31.2 Å². The maximum Gasteiger partial charge on any atom is 0.244 e. The molecule has 0 atom stereocenters. The van der Waals surface area contributed by atoms with Crippen LogP contribution in [-0.2, 0) is 4.79 Å². The van der Waals surface area contributed by atoms with E-state index in [0.717, 1.165) is 37.1 Å². The Morgan fingerprint density at radius 2 is 1.68 bits per heavy atom. The van der Waals surface area contributed by atoms with Crippen molar-refractivity contribution >= 4 is 24.0 Å². The number of hydrogen-bond acceptors (Lipinski definition) is 4. The number of amides is 1. The molecule has 0 bridgehead atoms. The quantitative estimate of drug-likeness (QED) is 0.839. The van der Waals surface area contributed by atoms with Crippen LogP contribution in [0.1, 0.15) is 25.7 Å². The topological polar surface area (TPSA) is 73.6 Å². The summed E-state index contributed by atoms with van der Waals surface area (Å²) in [5.41, 5.74) is 6.15. The Balaban J connectivity index is 0.00000225. The number of ether oxygens (including phenoxy) is 2. The molecule has 6 heteroatoms. The first kappa shape index (κ1) is 19.1. The van der Waals surface area contributed by atoms with Crippen LogP contribution in [0, 0.1) is 0 Å². The van der Waals surface area contributed by atoms with Gasteiger partial charge >= 0.3 is 0 Å². The van der Waals surface area contributed by atoms with Crippen molar-refractivity contribution in [2.75, 3.05) is 12.4 Å². The summed E-state index contributed by atoms with van der Waals surface area (Å²) < 4.78 is 11.0. The predicted octanol–water partition coefficient (Wildman–Crippen LogP) is 4.12. The maximum absolute atomic E-state index is 12.3. The minimum atomic E-state index is -0.726. The summed E-state index contributed by atoms with van der Waals surface area (Å²) in [6.45, 7) is 0. The largest absolute Gasteiger partial charge is 0.497 e. The van der Waals surface area contributed by atoms with E-state index < -0.39 is 5.54 Å². The molecule has 1 amide bonds. The second-order valence-electron chi connectivity index (χ2n) is 6.12. The molecule has 0 aliphatic heterocycles. The lowest BCUT2D eigenvalue weighted by atomic mass is 9.98. The third-order valence-corrected chi connectivity index (χ3v) is 4.34. The Morgan fingerprint density at radius 3 is 2.32 bits per heavy atom. The maximum atomic E-state index is 12.3.